The van der Waals surface area contributed by atoms with Crippen molar-refractivity contribution in [3.63, 3.8) is 0 Å². The zero-order valence-corrected chi connectivity index (χ0v) is 50.2. The van der Waals surface area contributed by atoms with Crippen LogP contribution in [0.5, 0.6) is 0 Å². The molecule has 0 radical (unpaired) electrons. The molecule has 0 aliphatic rings. The Labute approximate surface area is 465 Å². The highest BCUT2D eigenvalue weighted by Crippen LogP contribution is 2.52. The lowest BCUT2D eigenvalue weighted by Crippen LogP contribution is -2.13. The molecule has 12 aromatic rings. The predicted molar refractivity (Wildman–Crippen MR) is 339 cm³/mol. The Balaban J connectivity index is 1.42. The van der Waals surface area contributed by atoms with Crippen molar-refractivity contribution >= 4 is 96.9 Å². The summed E-state index contributed by atoms with van der Waals surface area (Å²) in [5.41, 5.74) is 17.4. The van der Waals surface area contributed by atoms with Gasteiger partial charge in [-0.1, -0.05) is 179 Å². The number of rotatable bonds is 3. The molecule has 12 rings (SSSR count). The topological polar surface area (TPSA) is 38.6 Å². The number of hydrogen-bond donors (Lipinski definition) is 0. The highest BCUT2D eigenvalue weighted by Gasteiger charge is 2.34. The van der Waals surface area contributed by atoms with Crippen LogP contribution in [0.4, 0.5) is 0 Å². The largest absolute Gasteiger partial charge is 0.306 e. The highest BCUT2D eigenvalue weighted by atomic mass is 32.1. The number of fused-ring (bicyclic) bond motifs is 12. The Hall–Kier alpha value is -7.13. The molecule has 4 aromatic heterocycles. The molecular formula is C73H76N4S. The second kappa shape index (κ2) is 16.9. The van der Waals surface area contributed by atoms with Crippen LogP contribution in [0.2, 0.25) is 0 Å². The van der Waals surface area contributed by atoms with E-state index in [-0.39, 0.29) is 32.5 Å². The Morgan fingerprint density at radius 1 is 0.321 bits per heavy atom. The van der Waals surface area contributed by atoms with E-state index in [1.54, 1.807) is 0 Å². The third-order valence-electron chi connectivity index (χ3n) is 17.0. The molecule has 0 bridgehead atoms. The average molecular weight is 1040 g/mol. The molecule has 8 aromatic carbocycles. The first-order chi connectivity index (χ1) is 36.4. The van der Waals surface area contributed by atoms with Gasteiger partial charge in [0.05, 0.1) is 60.4 Å². The van der Waals surface area contributed by atoms with Crippen molar-refractivity contribution in [2.45, 2.75) is 157 Å². The minimum absolute atomic E-state index is 0.0766. The van der Waals surface area contributed by atoms with E-state index in [1.807, 2.05) is 11.3 Å². The molecule has 0 aliphatic heterocycles. The van der Waals surface area contributed by atoms with E-state index in [9.17, 15) is 5.26 Å². The summed E-state index contributed by atoms with van der Waals surface area (Å²) in [4.78, 5) is 0. The Kier molecular flexibility index (Phi) is 11.2. The fraction of sp³-hybridized carbons (Fsp3) is 0.329. The van der Waals surface area contributed by atoms with Crippen molar-refractivity contribution in [2.75, 3.05) is 0 Å². The number of nitrogens with zero attached hydrogens (tertiary/aromatic N) is 4. The van der Waals surface area contributed by atoms with Crippen molar-refractivity contribution < 1.29 is 0 Å². The first-order valence-corrected chi connectivity index (χ1v) is 29.0. The van der Waals surface area contributed by atoms with Gasteiger partial charge in [-0.25, -0.2) is 0 Å². The zero-order valence-electron chi connectivity index (χ0n) is 49.4. The quantitative estimate of drug-likeness (QED) is 0.174. The van der Waals surface area contributed by atoms with E-state index in [0.29, 0.717) is 5.56 Å². The van der Waals surface area contributed by atoms with Crippen LogP contribution in [-0.4, -0.2) is 13.7 Å². The van der Waals surface area contributed by atoms with E-state index >= 15 is 0 Å². The van der Waals surface area contributed by atoms with Gasteiger partial charge in [0.25, 0.3) is 0 Å². The predicted octanol–water partition coefficient (Wildman–Crippen LogP) is 21.0. The van der Waals surface area contributed by atoms with Crippen molar-refractivity contribution in [3.05, 3.63) is 172 Å². The third kappa shape index (κ3) is 7.94. The molecule has 4 nitrogen and oxygen atoms in total. The van der Waals surface area contributed by atoms with Crippen LogP contribution < -0.4 is 0 Å². The Bertz CT molecular complexity index is 4330. The fourth-order valence-corrected chi connectivity index (χ4v) is 13.5. The molecule has 0 saturated heterocycles. The summed E-state index contributed by atoms with van der Waals surface area (Å²) in [7, 11) is 0. The van der Waals surface area contributed by atoms with Crippen LogP contribution in [0.3, 0.4) is 0 Å². The molecule has 0 saturated carbocycles. The number of nitriles is 1. The molecule has 0 aliphatic carbocycles. The molecular weight excluding hydrogens is 965 g/mol. The first-order valence-electron chi connectivity index (χ1n) is 28.1. The highest BCUT2D eigenvalue weighted by molar-refractivity contribution is 7.26. The summed E-state index contributed by atoms with van der Waals surface area (Å²) in [6.07, 6.45) is 0. The molecule has 0 fully saturated rings. The van der Waals surface area contributed by atoms with Crippen LogP contribution in [0.1, 0.15) is 164 Å². The van der Waals surface area contributed by atoms with E-state index in [4.69, 9.17) is 0 Å². The summed E-state index contributed by atoms with van der Waals surface area (Å²) in [5.74, 6) is 0. The summed E-state index contributed by atoms with van der Waals surface area (Å²) >= 11 is 1.81. The van der Waals surface area contributed by atoms with Crippen LogP contribution in [0.15, 0.2) is 133 Å². The molecule has 394 valence electrons. The number of thiophene rings is 1. The van der Waals surface area contributed by atoms with Crippen LogP contribution in [0, 0.1) is 11.3 Å². The van der Waals surface area contributed by atoms with Crippen molar-refractivity contribution in [1.29, 1.82) is 5.26 Å². The molecule has 0 unspecified atom stereocenters. The number of benzene rings is 8. The molecule has 0 spiro atoms. The summed E-state index contributed by atoms with van der Waals surface area (Å²) < 4.78 is 9.88. The monoisotopic (exact) mass is 1040 g/mol. The van der Waals surface area contributed by atoms with Gasteiger partial charge in [-0.3, -0.25) is 0 Å². The van der Waals surface area contributed by atoms with Gasteiger partial charge < -0.3 is 13.7 Å². The smallest absolute Gasteiger partial charge is 0.102 e. The SMILES string of the molecule is CC(C)(C)c1ccc2c(c1)c1cc(C(C)(C)C)ccc1n2-c1c(-n2c3ccc(C(C)(C)C)cc3c3cc(C(C)(C)C)ccc32)c(C#N)c2c(sc3ccccc32)c1-n1c2ccc(C(C)(C)C)cc2c2cc(C(C)(C)C)ccc21. The maximum absolute atomic E-state index is 12.4. The summed E-state index contributed by atoms with van der Waals surface area (Å²) in [6.45, 7) is 41.6. The lowest BCUT2D eigenvalue weighted by atomic mass is 9.85. The van der Waals surface area contributed by atoms with Gasteiger partial charge >= 0.3 is 0 Å². The molecule has 5 heteroatoms. The van der Waals surface area contributed by atoms with Gasteiger partial charge in [0.2, 0.25) is 0 Å². The maximum Gasteiger partial charge on any atom is 0.102 e. The average Bonchev–Trinajstić information content (AvgIpc) is 4.15. The van der Waals surface area contributed by atoms with E-state index in [1.165, 1.54) is 65.7 Å². The van der Waals surface area contributed by atoms with E-state index in [2.05, 4.69) is 278 Å². The normalized spacial score (nSPS) is 13.5. The van der Waals surface area contributed by atoms with Gasteiger partial charge in [0.1, 0.15) is 6.07 Å². The minimum atomic E-state index is -0.0913. The summed E-state index contributed by atoms with van der Waals surface area (Å²) in [6, 6.07) is 54.7. The zero-order chi connectivity index (χ0) is 55.7. The second-order valence-electron chi connectivity index (χ2n) is 28.7. The Morgan fingerprint density at radius 2 is 0.590 bits per heavy atom. The third-order valence-corrected chi connectivity index (χ3v) is 18.2. The summed E-state index contributed by atoms with van der Waals surface area (Å²) in [5, 5.41) is 21.7. The standard InChI is InChI=1S/C73H76N4S/c1-68(2,3)42-23-29-56-49(35-42)50-36-43(69(4,5)6)24-30-57(50)75(56)64-55(41-74)63-48-21-19-20-22-62(48)78-67(63)66(77-60-33-27-46(72(13,14)15)39-53(60)54-40-47(73(16,17)18)28-34-61(54)77)65(64)76-58-31-25-44(70(7,8)9)37-51(58)52-38-45(71(10,11)12)26-32-59(52)76/h19-40H,1-18H3. The van der Waals surface area contributed by atoms with Gasteiger partial charge in [-0.2, -0.15) is 5.26 Å². The van der Waals surface area contributed by atoms with Crippen molar-refractivity contribution in [3.8, 4) is 23.1 Å². The van der Waals surface area contributed by atoms with Gasteiger partial charge in [0, 0.05) is 47.8 Å². The van der Waals surface area contributed by atoms with Crippen LogP contribution >= 0.6 is 11.3 Å². The maximum atomic E-state index is 12.4. The molecule has 78 heavy (non-hydrogen) atoms. The lowest BCUT2D eigenvalue weighted by molar-refractivity contribution is 0.590. The van der Waals surface area contributed by atoms with E-state index in [0.717, 1.165) is 70.3 Å². The van der Waals surface area contributed by atoms with Crippen LogP contribution in [0.25, 0.3) is 103 Å². The fourth-order valence-electron chi connectivity index (χ4n) is 12.3. The first kappa shape index (κ1) is 51.6. The van der Waals surface area contributed by atoms with Crippen molar-refractivity contribution in [2.24, 2.45) is 0 Å². The minimum Gasteiger partial charge on any atom is -0.306 e. The number of aromatic nitrogens is 3. The van der Waals surface area contributed by atoms with E-state index < -0.39 is 0 Å². The molecule has 0 N–H and O–H groups in total. The second-order valence-corrected chi connectivity index (χ2v) is 29.8. The van der Waals surface area contributed by atoms with Gasteiger partial charge in [0.15, 0.2) is 0 Å². The molecule has 0 amide bonds. The van der Waals surface area contributed by atoms with Gasteiger partial charge in [-0.05, 0) is 145 Å². The van der Waals surface area contributed by atoms with Crippen LogP contribution in [-0.2, 0) is 32.5 Å². The lowest BCUT2D eigenvalue weighted by Gasteiger charge is -2.25. The number of hydrogen-bond acceptors (Lipinski definition) is 2. The van der Waals surface area contributed by atoms with Gasteiger partial charge in [-0.15, -0.1) is 11.3 Å². The Morgan fingerprint density at radius 3 is 0.872 bits per heavy atom. The van der Waals surface area contributed by atoms with Crippen molar-refractivity contribution in [1.82, 2.24) is 13.7 Å². The molecule has 0 atom stereocenters. The molecule has 4 heterocycles.